The molecular weight excluding hydrogens is 376 g/mol. The van der Waals surface area contributed by atoms with Crippen molar-refractivity contribution in [3.05, 3.63) is 42.2 Å². The van der Waals surface area contributed by atoms with E-state index in [1.54, 1.807) is 7.11 Å². The van der Waals surface area contributed by atoms with E-state index in [9.17, 15) is 4.79 Å². The van der Waals surface area contributed by atoms with Gasteiger partial charge in [-0.25, -0.2) is 9.50 Å². The van der Waals surface area contributed by atoms with Crippen LogP contribution in [0.5, 0.6) is 5.75 Å². The molecule has 0 N–H and O–H groups in total. The molecule has 28 heavy (non-hydrogen) atoms. The minimum atomic E-state index is 0.124. The van der Waals surface area contributed by atoms with Crippen LogP contribution in [0.1, 0.15) is 5.69 Å². The summed E-state index contributed by atoms with van der Waals surface area (Å²) in [5.74, 6) is 1.30. The fraction of sp³-hybridized carbons (Fsp3) is 0.350. The Kier molecular flexibility index (Phi) is 5.50. The lowest BCUT2D eigenvalue weighted by Gasteiger charge is -2.26. The first-order chi connectivity index (χ1) is 13.7. The van der Waals surface area contributed by atoms with Crippen molar-refractivity contribution in [2.75, 3.05) is 39.2 Å². The van der Waals surface area contributed by atoms with Gasteiger partial charge in [-0.3, -0.25) is 4.79 Å². The van der Waals surface area contributed by atoms with Gasteiger partial charge in [-0.05, 0) is 30.7 Å². The van der Waals surface area contributed by atoms with Gasteiger partial charge in [-0.2, -0.15) is 5.10 Å². The van der Waals surface area contributed by atoms with Gasteiger partial charge in [0.1, 0.15) is 10.8 Å². The van der Waals surface area contributed by atoms with Crippen LogP contribution in [0.15, 0.2) is 41.6 Å². The maximum absolute atomic E-state index is 12.5. The average Bonchev–Trinajstić information content (AvgIpc) is 3.16. The van der Waals surface area contributed by atoms with Crippen molar-refractivity contribution in [1.82, 2.24) is 19.5 Å². The normalized spacial score (nSPS) is 14.4. The molecular formula is C20H22N4O3S. The lowest BCUT2D eigenvalue weighted by atomic mass is 10.1. The van der Waals surface area contributed by atoms with Gasteiger partial charge in [0.15, 0.2) is 5.65 Å². The van der Waals surface area contributed by atoms with Gasteiger partial charge in [0.2, 0.25) is 5.91 Å². The Bertz CT molecular complexity index is 981. The highest BCUT2D eigenvalue weighted by Gasteiger charge is 2.18. The van der Waals surface area contributed by atoms with E-state index in [-0.39, 0.29) is 5.91 Å². The second kappa shape index (κ2) is 8.20. The number of nitrogens with zero attached hydrogens (tertiary/aromatic N) is 4. The van der Waals surface area contributed by atoms with Crippen LogP contribution in [-0.2, 0) is 9.53 Å². The first-order valence-corrected chi connectivity index (χ1v) is 10.1. The van der Waals surface area contributed by atoms with E-state index in [2.05, 4.69) is 10.1 Å². The second-order valence-corrected chi connectivity index (χ2v) is 7.54. The van der Waals surface area contributed by atoms with E-state index >= 15 is 0 Å². The zero-order chi connectivity index (χ0) is 19.5. The van der Waals surface area contributed by atoms with Crippen molar-refractivity contribution in [2.24, 2.45) is 0 Å². The van der Waals surface area contributed by atoms with E-state index in [1.165, 1.54) is 11.8 Å². The monoisotopic (exact) mass is 398 g/mol. The molecule has 0 aliphatic carbocycles. The molecule has 1 amide bonds. The number of ether oxygens (including phenoxy) is 2. The Morgan fingerprint density at radius 3 is 2.71 bits per heavy atom. The van der Waals surface area contributed by atoms with E-state index in [0.29, 0.717) is 32.1 Å². The van der Waals surface area contributed by atoms with Gasteiger partial charge in [-0.1, -0.05) is 23.9 Å². The van der Waals surface area contributed by atoms with Crippen LogP contribution >= 0.6 is 11.8 Å². The Labute approximate surface area is 167 Å². The van der Waals surface area contributed by atoms with Crippen LogP contribution in [0.2, 0.25) is 0 Å². The summed E-state index contributed by atoms with van der Waals surface area (Å²) in [7, 11) is 1.65. The highest BCUT2D eigenvalue weighted by Crippen LogP contribution is 2.29. The van der Waals surface area contributed by atoms with Crippen LogP contribution in [0.4, 0.5) is 0 Å². The minimum Gasteiger partial charge on any atom is -0.497 e. The summed E-state index contributed by atoms with van der Waals surface area (Å²) in [6.45, 7) is 4.50. The molecule has 7 nitrogen and oxygen atoms in total. The third-order valence-electron chi connectivity index (χ3n) is 4.68. The number of carbonyl (C=O) groups is 1. The molecule has 1 saturated heterocycles. The number of benzene rings is 1. The summed E-state index contributed by atoms with van der Waals surface area (Å²) in [4.78, 5) is 19.0. The summed E-state index contributed by atoms with van der Waals surface area (Å²) in [5.41, 5.74) is 3.65. The molecule has 0 radical (unpaired) electrons. The fourth-order valence-corrected chi connectivity index (χ4v) is 4.13. The molecule has 1 fully saturated rings. The van der Waals surface area contributed by atoms with Crippen molar-refractivity contribution in [3.63, 3.8) is 0 Å². The molecule has 1 aliphatic heterocycles. The number of amides is 1. The predicted octanol–water partition coefficient (Wildman–Crippen LogP) is 2.66. The van der Waals surface area contributed by atoms with Crippen LogP contribution < -0.4 is 4.74 Å². The summed E-state index contributed by atoms with van der Waals surface area (Å²) < 4.78 is 12.4. The average molecular weight is 398 g/mol. The quantitative estimate of drug-likeness (QED) is 0.486. The second-order valence-electron chi connectivity index (χ2n) is 6.54. The molecule has 2 aromatic heterocycles. The first kappa shape index (κ1) is 18.8. The summed E-state index contributed by atoms with van der Waals surface area (Å²) in [6.07, 6.45) is 1.82. The number of hydrogen-bond donors (Lipinski definition) is 0. The minimum absolute atomic E-state index is 0.124. The summed E-state index contributed by atoms with van der Waals surface area (Å²) >= 11 is 1.49. The Hall–Kier alpha value is -2.58. The van der Waals surface area contributed by atoms with Crippen molar-refractivity contribution in [2.45, 2.75) is 11.9 Å². The van der Waals surface area contributed by atoms with Crippen molar-refractivity contribution in [1.29, 1.82) is 0 Å². The van der Waals surface area contributed by atoms with E-state index < -0.39 is 0 Å². The number of aryl methyl sites for hydroxylation is 1. The molecule has 0 saturated carbocycles. The fourth-order valence-electron chi connectivity index (χ4n) is 3.17. The number of rotatable bonds is 5. The number of aromatic nitrogens is 3. The van der Waals surface area contributed by atoms with Gasteiger partial charge in [-0.15, -0.1) is 0 Å². The number of fused-ring (bicyclic) bond motifs is 1. The third-order valence-corrected chi connectivity index (χ3v) is 5.65. The molecule has 3 aromatic rings. The van der Waals surface area contributed by atoms with Gasteiger partial charge in [0.05, 0.1) is 32.3 Å². The zero-order valence-electron chi connectivity index (χ0n) is 15.9. The highest BCUT2D eigenvalue weighted by molar-refractivity contribution is 7.99. The lowest BCUT2D eigenvalue weighted by Crippen LogP contribution is -2.41. The lowest BCUT2D eigenvalue weighted by molar-refractivity contribution is -0.132. The van der Waals surface area contributed by atoms with Crippen molar-refractivity contribution < 1.29 is 14.3 Å². The van der Waals surface area contributed by atoms with Crippen LogP contribution in [-0.4, -0.2) is 64.6 Å². The van der Waals surface area contributed by atoms with E-state index in [1.807, 2.05) is 52.9 Å². The molecule has 0 atom stereocenters. The van der Waals surface area contributed by atoms with Crippen LogP contribution in [0.25, 0.3) is 16.8 Å². The number of morpholine rings is 1. The van der Waals surface area contributed by atoms with Gasteiger partial charge in [0.25, 0.3) is 0 Å². The number of methoxy groups -OCH3 is 1. The van der Waals surface area contributed by atoms with Crippen LogP contribution in [0.3, 0.4) is 0 Å². The summed E-state index contributed by atoms with van der Waals surface area (Å²) in [6, 6.07) is 9.80. The largest absolute Gasteiger partial charge is 0.497 e. The van der Waals surface area contributed by atoms with Gasteiger partial charge < -0.3 is 14.4 Å². The Morgan fingerprint density at radius 1 is 1.25 bits per heavy atom. The molecule has 1 aromatic carbocycles. The maximum Gasteiger partial charge on any atom is 0.233 e. The predicted molar refractivity (Wildman–Crippen MR) is 108 cm³/mol. The Balaban J connectivity index is 1.59. The van der Waals surface area contributed by atoms with Crippen LogP contribution in [0, 0.1) is 6.92 Å². The molecule has 1 aliphatic rings. The molecule has 146 valence electrons. The first-order valence-electron chi connectivity index (χ1n) is 9.14. The molecule has 0 spiro atoms. The number of carbonyl (C=O) groups excluding carboxylic acids is 1. The Morgan fingerprint density at radius 2 is 2.00 bits per heavy atom. The van der Waals surface area contributed by atoms with Gasteiger partial charge in [0, 0.05) is 24.3 Å². The van der Waals surface area contributed by atoms with Crippen molar-refractivity contribution in [3.8, 4) is 16.9 Å². The standard InChI is InChI=1S/C20H22N4O3S/c1-14-11-19(28-13-18(25)23-7-9-27-10-8-23)24-20(22-14)17(12-21-24)15-3-5-16(26-2)6-4-15/h3-6,11-12H,7-10,13H2,1-2H3. The number of thioether (sulfide) groups is 1. The van der Waals surface area contributed by atoms with E-state index in [0.717, 1.165) is 33.2 Å². The zero-order valence-corrected chi connectivity index (χ0v) is 16.7. The molecule has 8 heteroatoms. The van der Waals surface area contributed by atoms with Gasteiger partial charge >= 0.3 is 0 Å². The molecule has 0 unspecified atom stereocenters. The maximum atomic E-state index is 12.5. The number of hydrogen-bond acceptors (Lipinski definition) is 6. The van der Waals surface area contributed by atoms with Crippen molar-refractivity contribution >= 4 is 23.3 Å². The topological polar surface area (TPSA) is 69.0 Å². The molecule has 3 heterocycles. The summed E-state index contributed by atoms with van der Waals surface area (Å²) in [5, 5.41) is 5.43. The smallest absolute Gasteiger partial charge is 0.233 e. The van der Waals surface area contributed by atoms with E-state index in [4.69, 9.17) is 9.47 Å². The third kappa shape index (κ3) is 3.83. The molecule has 4 rings (SSSR count). The highest BCUT2D eigenvalue weighted by atomic mass is 32.2. The molecule has 0 bridgehead atoms. The SMILES string of the molecule is COc1ccc(-c2cnn3c(SCC(=O)N4CCOCC4)cc(C)nc23)cc1.